The number of allylic oxidation sites excluding steroid dienone is 1. The van der Waals surface area contributed by atoms with Gasteiger partial charge in [-0.05, 0) is 25.3 Å². The summed E-state index contributed by atoms with van der Waals surface area (Å²) in [4.78, 5) is 23.8. The topological polar surface area (TPSA) is 112 Å². The molecule has 2 aromatic rings. The summed E-state index contributed by atoms with van der Waals surface area (Å²) in [6, 6.07) is 0.245. The largest absolute Gasteiger partial charge is 0.350 e. The van der Waals surface area contributed by atoms with Crippen molar-refractivity contribution in [3.05, 3.63) is 34.5 Å². The molecule has 3 rings (SSSR count). The van der Waals surface area contributed by atoms with Gasteiger partial charge in [0.15, 0.2) is 0 Å². The van der Waals surface area contributed by atoms with Gasteiger partial charge in [0.25, 0.3) is 5.56 Å². The van der Waals surface area contributed by atoms with Gasteiger partial charge in [-0.2, -0.15) is 5.10 Å². The molecule has 0 spiro atoms. The fourth-order valence-electron chi connectivity index (χ4n) is 3.30. The first-order valence-corrected chi connectivity index (χ1v) is 8.78. The minimum absolute atomic E-state index is 0.0932. The molecule has 0 bridgehead atoms. The summed E-state index contributed by atoms with van der Waals surface area (Å²) in [5.41, 5.74) is 8.31. The molecule has 1 aliphatic rings. The Morgan fingerprint density at radius 2 is 2.27 bits per heavy atom. The van der Waals surface area contributed by atoms with Crippen molar-refractivity contribution in [3.8, 4) is 0 Å². The number of anilines is 1. The summed E-state index contributed by atoms with van der Waals surface area (Å²) in [6.07, 6.45) is 9.35. The van der Waals surface area contributed by atoms with Gasteiger partial charge in [-0.25, -0.2) is 9.97 Å². The Kier molecular flexibility index (Phi) is 5.32. The molecule has 1 saturated carbocycles. The second-order valence-electron chi connectivity index (χ2n) is 6.71. The predicted octanol–water partition coefficient (Wildman–Crippen LogP) is 1.91. The van der Waals surface area contributed by atoms with E-state index in [1.165, 1.54) is 0 Å². The highest BCUT2D eigenvalue weighted by Crippen LogP contribution is 2.23. The predicted molar refractivity (Wildman–Crippen MR) is 105 cm³/mol. The van der Waals surface area contributed by atoms with Crippen LogP contribution in [0.25, 0.3) is 16.5 Å². The average Bonchev–Trinajstić information content (AvgIpc) is 2.63. The SMILES string of the molecule is C=NN(C)/C=C(\C)c1c[nH]c(=O)c2cnc(N[C@H]3CCCC[C@H]3N)nc12. The summed E-state index contributed by atoms with van der Waals surface area (Å²) in [5, 5.41) is 9.23. The Balaban J connectivity index is 2.01. The van der Waals surface area contributed by atoms with Gasteiger partial charge in [0.1, 0.15) is 0 Å². The molecule has 2 heterocycles. The van der Waals surface area contributed by atoms with E-state index in [0.717, 1.165) is 36.8 Å². The van der Waals surface area contributed by atoms with Crippen molar-refractivity contribution in [3.63, 3.8) is 0 Å². The van der Waals surface area contributed by atoms with Crippen LogP contribution in [0.4, 0.5) is 5.95 Å². The van der Waals surface area contributed by atoms with Gasteiger partial charge in [0.05, 0.1) is 10.9 Å². The van der Waals surface area contributed by atoms with Crippen LogP contribution in [-0.4, -0.2) is 45.8 Å². The van der Waals surface area contributed by atoms with Crippen molar-refractivity contribution in [2.45, 2.75) is 44.7 Å². The Hall–Kier alpha value is -2.74. The zero-order valence-corrected chi connectivity index (χ0v) is 15.2. The first-order chi connectivity index (χ1) is 12.5. The van der Waals surface area contributed by atoms with Crippen LogP contribution in [0.5, 0.6) is 0 Å². The number of H-pyrrole nitrogens is 1. The van der Waals surface area contributed by atoms with Crippen LogP contribution < -0.4 is 16.6 Å². The van der Waals surface area contributed by atoms with Gasteiger partial charge in [0.2, 0.25) is 5.95 Å². The molecule has 1 fully saturated rings. The number of nitrogens with one attached hydrogen (secondary N) is 2. The van der Waals surface area contributed by atoms with Crippen molar-refractivity contribution in [2.75, 3.05) is 12.4 Å². The summed E-state index contributed by atoms with van der Waals surface area (Å²) >= 11 is 0. The van der Waals surface area contributed by atoms with Gasteiger partial charge in [-0.3, -0.25) is 9.80 Å². The van der Waals surface area contributed by atoms with Crippen molar-refractivity contribution in [2.24, 2.45) is 10.8 Å². The molecule has 0 saturated heterocycles. The molecule has 0 amide bonds. The number of nitrogens with zero attached hydrogens (tertiary/aromatic N) is 4. The molecule has 0 aliphatic heterocycles. The van der Waals surface area contributed by atoms with Crippen LogP contribution in [0.1, 0.15) is 38.2 Å². The van der Waals surface area contributed by atoms with Crippen LogP contribution in [0.3, 0.4) is 0 Å². The highest BCUT2D eigenvalue weighted by Gasteiger charge is 2.22. The Bertz CT molecular complexity index is 889. The lowest BCUT2D eigenvalue weighted by Crippen LogP contribution is -2.42. The van der Waals surface area contributed by atoms with Crippen LogP contribution in [0.15, 0.2) is 28.5 Å². The van der Waals surface area contributed by atoms with E-state index >= 15 is 0 Å². The molecule has 26 heavy (non-hydrogen) atoms. The summed E-state index contributed by atoms with van der Waals surface area (Å²) in [5.74, 6) is 0.495. The lowest BCUT2D eigenvalue weighted by atomic mass is 9.91. The van der Waals surface area contributed by atoms with E-state index in [-0.39, 0.29) is 17.6 Å². The number of hydrogen-bond acceptors (Lipinski definition) is 7. The number of hydrogen-bond donors (Lipinski definition) is 3. The molecule has 138 valence electrons. The molecule has 2 aromatic heterocycles. The number of pyridine rings is 1. The van der Waals surface area contributed by atoms with E-state index in [4.69, 9.17) is 5.73 Å². The number of nitrogens with two attached hydrogens (primary N) is 1. The van der Waals surface area contributed by atoms with Gasteiger partial charge in [0, 0.05) is 50.0 Å². The first kappa shape index (κ1) is 18.1. The minimum Gasteiger partial charge on any atom is -0.350 e. The normalized spacial score (nSPS) is 20.8. The monoisotopic (exact) mass is 355 g/mol. The minimum atomic E-state index is -0.215. The van der Waals surface area contributed by atoms with E-state index in [9.17, 15) is 4.79 Å². The maximum Gasteiger partial charge on any atom is 0.259 e. The van der Waals surface area contributed by atoms with Crippen LogP contribution >= 0.6 is 0 Å². The van der Waals surface area contributed by atoms with Crippen molar-refractivity contribution >= 4 is 29.1 Å². The van der Waals surface area contributed by atoms with E-state index in [1.54, 1.807) is 24.5 Å². The quantitative estimate of drug-likeness (QED) is 0.558. The van der Waals surface area contributed by atoms with E-state index in [1.807, 2.05) is 13.1 Å². The maximum absolute atomic E-state index is 12.2. The van der Waals surface area contributed by atoms with Crippen molar-refractivity contribution in [1.29, 1.82) is 0 Å². The molecule has 8 heteroatoms. The number of aromatic nitrogens is 3. The Labute approximate surface area is 152 Å². The third kappa shape index (κ3) is 3.75. The zero-order valence-electron chi connectivity index (χ0n) is 15.2. The molecule has 0 radical (unpaired) electrons. The van der Waals surface area contributed by atoms with Gasteiger partial charge < -0.3 is 16.0 Å². The van der Waals surface area contributed by atoms with Crippen molar-refractivity contribution in [1.82, 2.24) is 20.0 Å². The molecular weight excluding hydrogens is 330 g/mol. The van der Waals surface area contributed by atoms with Gasteiger partial charge in [-0.1, -0.05) is 12.8 Å². The van der Waals surface area contributed by atoms with Gasteiger partial charge in [-0.15, -0.1) is 0 Å². The Morgan fingerprint density at radius 3 is 3.00 bits per heavy atom. The lowest BCUT2D eigenvalue weighted by molar-refractivity contribution is 0.402. The number of rotatable bonds is 5. The average molecular weight is 355 g/mol. The zero-order chi connectivity index (χ0) is 18.7. The highest BCUT2D eigenvalue weighted by molar-refractivity contribution is 5.89. The standard InChI is InChI=1S/C18H25N7O/c1-11(10-25(3)20-2)12-8-21-17(26)13-9-22-18(24-16(12)13)23-15-7-5-4-6-14(15)19/h8-10,14-15H,2,4-7,19H2,1,3H3,(H,21,26)(H,22,23,24)/b11-10+/t14-,15+/m1/s1. The molecule has 0 aromatic carbocycles. The maximum atomic E-state index is 12.2. The molecular formula is C18H25N7O. The fraction of sp³-hybridized carbons (Fsp3) is 0.444. The first-order valence-electron chi connectivity index (χ1n) is 8.78. The van der Waals surface area contributed by atoms with E-state index < -0.39 is 0 Å². The molecule has 2 atom stereocenters. The van der Waals surface area contributed by atoms with Crippen molar-refractivity contribution < 1.29 is 0 Å². The van der Waals surface area contributed by atoms with Gasteiger partial charge >= 0.3 is 0 Å². The van der Waals surface area contributed by atoms with E-state index in [2.05, 4.69) is 32.1 Å². The van der Waals surface area contributed by atoms with E-state index in [0.29, 0.717) is 16.9 Å². The molecule has 0 unspecified atom stereocenters. The summed E-state index contributed by atoms with van der Waals surface area (Å²) < 4.78 is 0. The summed E-state index contributed by atoms with van der Waals surface area (Å²) in [6.45, 7) is 5.43. The third-order valence-electron chi connectivity index (χ3n) is 4.80. The lowest BCUT2D eigenvalue weighted by Gasteiger charge is -2.29. The third-order valence-corrected chi connectivity index (χ3v) is 4.80. The molecule has 4 N–H and O–H groups in total. The number of hydrazone groups is 1. The molecule has 1 aliphatic carbocycles. The van der Waals surface area contributed by atoms with Crippen LogP contribution in [0.2, 0.25) is 0 Å². The highest BCUT2D eigenvalue weighted by atomic mass is 16.1. The smallest absolute Gasteiger partial charge is 0.259 e. The number of fused-ring (bicyclic) bond motifs is 1. The molecule has 8 nitrogen and oxygen atoms in total. The fourth-order valence-corrected chi connectivity index (χ4v) is 3.30. The summed E-state index contributed by atoms with van der Waals surface area (Å²) in [7, 11) is 1.79. The Morgan fingerprint density at radius 1 is 1.50 bits per heavy atom. The second-order valence-corrected chi connectivity index (χ2v) is 6.71. The van der Waals surface area contributed by atoms with Crippen LogP contribution in [0, 0.1) is 0 Å². The number of aromatic amines is 1. The second kappa shape index (κ2) is 7.65. The van der Waals surface area contributed by atoms with Crippen LogP contribution in [-0.2, 0) is 0 Å².